The summed E-state index contributed by atoms with van der Waals surface area (Å²) in [7, 11) is 2.10. The summed E-state index contributed by atoms with van der Waals surface area (Å²) in [6.45, 7) is 3.52. The Morgan fingerprint density at radius 3 is 2.67 bits per heavy atom. The maximum absolute atomic E-state index is 5.93. The predicted molar refractivity (Wildman–Crippen MR) is 87.4 cm³/mol. The second-order valence-electron chi connectivity index (χ2n) is 5.98. The van der Waals surface area contributed by atoms with Crippen molar-refractivity contribution in [1.82, 2.24) is 4.98 Å². The SMILES string of the molecule is Cc1ccc(CN(C)c2nc3c(cc2CN)CCC3)cc1. The van der Waals surface area contributed by atoms with Gasteiger partial charge < -0.3 is 10.6 Å². The Morgan fingerprint density at radius 1 is 1.19 bits per heavy atom. The molecule has 21 heavy (non-hydrogen) atoms. The highest BCUT2D eigenvalue weighted by Crippen LogP contribution is 2.27. The normalized spacial score (nSPS) is 13.3. The van der Waals surface area contributed by atoms with Gasteiger partial charge >= 0.3 is 0 Å². The van der Waals surface area contributed by atoms with Crippen molar-refractivity contribution in [2.24, 2.45) is 5.73 Å². The third kappa shape index (κ3) is 2.93. The van der Waals surface area contributed by atoms with Crippen LogP contribution in [-0.4, -0.2) is 12.0 Å². The van der Waals surface area contributed by atoms with Crippen LogP contribution in [-0.2, 0) is 25.9 Å². The van der Waals surface area contributed by atoms with Gasteiger partial charge in [0.15, 0.2) is 0 Å². The van der Waals surface area contributed by atoms with E-state index in [2.05, 4.69) is 49.2 Å². The van der Waals surface area contributed by atoms with E-state index in [0.717, 1.165) is 30.8 Å². The van der Waals surface area contributed by atoms with Crippen LogP contribution < -0.4 is 10.6 Å². The van der Waals surface area contributed by atoms with Gasteiger partial charge in [0.1, 0.15) is 5.82 Å². The van der Waals surface area contributed by atoms with Gasteiger partial charge in [-0.05, 0) is 43.4 Å². The molecule has 0 bridgehead atoms. The summed E-state index contributed by atoms with van der Waals surface area (Å²) in [6.07, 6.45) is 3.47. The van der Waals surface area contributed by atoms with Crippen molar-refractivity contribution in [3.8, 4) is 0 Å². The minimum absolute atomic E-state index is 0.549. The molecule has 0 saturated carbocycles. The van der Waals surface area contributed by atoms with Crippen LogP contribution in [0.15, 0.2) is 30.3 Å². The summed E-state index contributed by atoms with van der Waals surface area (Å²) in [4.78, 5) is 7.10. The van der Waals surface area contributed by atoms with Gasteiger partial charge in [0.25, 0.3) is 0 Å². The van der Waals surface area contributed by atoms with Crippen LogP contribution in [0.1, 0.15) is 34.4 Å². The van der Waals surface area contributed by atoms with Crippen LogP contribution in [0.5, 0.6) is 0 Å². The number of anilines is 1. The maximum atomic E-state index is 5.93. The molecule has 0 saturated heterocycles. The third-order valence-electron chi connectivity index (χ3n) is 4.23. The topological polar surface area (TPSA) is 42.2 Å². The number of rotatable bonds is 4. The minimum Gasteiger partial charge on any atom is -0.355 e. The van der Waals surface area contributed by atoms with Crippen LogP contribution >= 0.6 is 0 Å². The minimum atomic E-state index is 0.549. The number of hydrogen-bond donors (Lipinski definition) is 1. The van der Waals surface area contributed by atoms with Crippen molar-refractivity contribution in [2.45, 2.75) is 39.3 Å². The Morgan fingerprint density at radius 2 is 1.95 bits per heavy atom. The molecule has 0 amide bonds. The average molecular weight is 281 g/mol. The van der Waals surface area contributed by atoms with E-state index < -0.39 is 0 Å². The fraction of sp³-hybridized carbons (Fsp3) is 0.389. The smallest absolute Gasteiger partial charge is 0.133 e. The van der Waals surface area contributed by atoms with Gasteiger partial charge in [0.2, 0.25) is 0 Å². The second kappa shape index (κ2) is 5.86. The Labute approximate surface area is 126 Å². The molecular weight excluding hydrogens is 258 g/mol. The van der Waals surface area contributed by atoms with Gasteiger partial charge in [0, 0.05) is 31.4 Å². The standard InChI is InChI=1S/C18H23N3/c1-13-6-8-14(9-7-13)12-21(2)18-16(11-19)10-15-4-3-5-17(15)20-18/h6-10H,3-5,11-12,19H2,1-2H3. The van der Waals surface area contributed by atoms with Crippen molar-refractivity contribution >= 4 is 5.82 Å². The molecule has 3 rings (SSSR count). The van der Waals surface area contributed by atoms with E-state index >= 15 is 0 Å². The number of aryl methyl sites for hydroxylation is 3. The van der Waals surface area contributed by atoms with Crippen molar-refractivity contribution in [3.05, 3.63) is 58.3 Å². The van der Waals surface area contributed by atoms with E-state index in [1.165, 1.54) is 28.8 Å². The van der Waals surface area contributed by atoms with Crippen molar-refractivity contribution < 1.29 is 0 Å². The summed E-state index contributed by atoms with van der Waals surface area (Å²) in [6, 6.07) is 10.9. The molecule has 1 heterocycles. The molecule has 2 N–H and O–H groups in total. The molecular formula is C18H23N3. The molecule has 1 aliphatic rings. The molecule has 1 aromatic heterocycles. The predicted octanol–water partition coefficient (Wildman–Crippen LogP) is 2.97. The van der Waals surface area contributed by atoms with E-state index in [1.54, 1.807) is 0 Å². The first-order chi connectivity index (χ1) is 10.2. The van der Waals surface area contributed by atoms with Gasteiger partial charge in [-0.25, -0.2) is 4.98 Å². The number of hydrogen-bond acceptors (Lipinski definition) is 3. The Hall–Kier alpha value is -1.87. The maximum Gasteiger partial charge on any atom is 0.133 e. The molecule has 0 spiro atoms. The lowest BCUT2D eigenvalue weighted by atomic mass is 10.1. The Bertz CT molecular complexity index is 632. The second-order valence-corrected chi connectivity index (χ2v) is 5.98. The number of pyridine rings is 1. The van der Waals surface area contributed by atoms with Gasteiger partial charge in [-0.1, -0.05) is 29.8 Å². The number of aromatic nitrogens is 1. The summed E-state index contributed by atoms with van der Waals surface area (Å²) in [5.41, 5.74) is 12.3. The van der Waals surface area contributed by atoms with Gasteiger partial charge in [-0.2, -0.15) is 0 Å². The summed E-state index contributed by atoms with van der Waals surface area (Å²) in [5.74, 6) is 1.04. The average Bonchev–Trinajstić information content (AvgIpc) is 2.95. The number of fused-ring (bicyclic) bond motifs is 1. The van der Waals surface area contributed by atoms with Crippen LogP contribution in [0.3, 0.4) is 0 Å². The van der Waals surface area contributed by atoms with Gasteiger partial charge in [-0.15, -0.1) is 0 Å². The fourth-order valence-electron chi connectivity index (χ4n) is 3.03. The highest BCUT2D eigenvalue weighted by molar-refractivity contribution is 5.51. The first-order valence-corrected chi connectivity index (χ1v) is 7.66. The molecule has 0 radical (unpaired) electrons. The molecule has 0 unspecified atom stereocenters. The fourth-order valence-corrected chi connectivity index (χ4v) is 3.03. The zero-order valence-electron chi connectivity index (χ0n) is 12.9. The van der Waals surface area contributed by atoms with Crippen LogP contribution in [0, 0.1) is 6.92 Å². The van der Waals surface area contributed by atoms with Crippen molar-refractivity contribution in [3.63, 3.8) is 0 Å². The Balaban J connectivity index is 1.86. The number of nitrogens with zero attached hydrogens (tertiary/aromatic N) is 2. The molecule has 3 heteroatoms. The first kappa shape index (κ1) is 14.1. The first-order valence-electron chi connectivity index (χ1n) is 7.66. The van der Waals surface area contributed by atoms with Crippen molar-refractivity contribution in [1.29, 1.82) is 0 Å². The molecule has 3 nitrogen and oxygen atoms in total. The van der Waals surface area contributed by atoms with E-state index in [0.29, 0.717) is 6.54 Å². The van der Waals surface area contributed by atoms with Crippen LogP contribution in [0.25, 0.3) is 0 Å². The largest absolute Gasteiger partial charge is 0.355 e. The van der Waals surface area contributed by atoms with Gasteiger partial charge in [-0.3, -0.25) is 0 Å². The van der Waals surface area contributed by atoms with Crippen LogP contribution in [0.2, 0.25) is 0 Å². The molecule has 0 aliphatic heterocycles. The molecule has 0 atom stereocenters. The Kier molecular flexibility index (Phi) is 3.93. The molecule has 1 aliphatic carbocycles. The molecule has 2 aromatic rings. The van der Waals surface area contributed by atoms with E-state index in [-0.39, 0.29) is 0 Å². The highest BCUT2D eigenvalue weighted by atomic mass is 15.2. The molecule has 0 fully saturated rings. The number of benzene rings is 1. The van der Waals surface area contributed by atoms with Crippen LogP contribution in [0.4, 0.5) is 5.82 Å². The lowest BCUT2D eigenvalue weighted by Crippen LogP contribution is -2.21. The molecule has 110 valence electrons. The van der Waals surface area contributed by atoms with E-state index in [1.807, 2.05) is 0 Å². The highest BCUT2D eigenvalue weighted by Gasteiger charge is 2.17. The number of nitrogens with two attached hydrogens (primary N) is 1. The van der Waals surface area contributed by atoms with Crippen molar-refractivity contribution in [2.75, 3.05) is 11.9 Å². The summed E-state index contributed by atoms with van der Waals surface area (Å²) >= 11 is 0. The monoisotopic (exact) mass is 281 g/mol. The third-order valence-corrected chi connectivity index (χ3v) is 4.23. The quantitative estimate of drug-likeness (QED) is 0.937. The lowest BCUT2D eigenvalue weighted by molar-refractivity contribution is 0.858. The lowest BCUT2D eigenvalue weighted by Gasteiger charge is -2.22. The zero-order chi connectivity index (χ0) is 14.8. The van der Waals surface area contributed by atoms with Gasteiger partial charge in [0.05, 0.1) is 0 Å². The summed E-state index contributed by atoms with van der Waals surface area (Å²) in [5, 5.41) is 0. The van der Waals surface area contributed by atoms with E-state index in [9.17, 15) is 0 Å². The zero-order valence-corrected chi connectivity index (χ0v) is 12.9. The van der Waals surface area contributed by atoms with E-state index in [4.69, 9.17) is 10.7 Å². The summed E-state index contributed by atoms with van der Waals surface area (Å²) < 4.78 is 0. The molecule has 1 aromatic carbocycles.